The van der Waals surface area contributed by atoms with E-state index in [1.54, 1.807) is 6.20 Å². The summed E-state index contributed by atoms with van der Waals surface area (Å²) < 4.78 is 0. The lowest BCUT2D eigenvalue weighted by Crippen LogP contribution is -2.34. The Balaban J connectivity index is 1.91. The van der Waals surface area contributed by atoms with Gasteiger partial charge in [-0.15, -0.1) is 0 Å². The highest BCUT2D eigenvalue weighted by atomic mass is 16.2. The van der Waals surface area contributed by atoms with Crippen molar-refractivity contribution >= 4 is 11.9 Å². The first-order valence-electron chi connectivity index (χ1n) is 9.59. The van der Waals surface area contributed by atoms with Crippen molar-refractivity contribution in [3.05, 3.63) is 60.4 Å². The van der Waals surface area contributed by atoms with Crippen LogP contribution in [0.15, 0.2) is 54.9 Å². The van der Waals surface area contributed by atoms with Crippen LogP contribution in [0.25, 0.3) is 22.5 Å². The van der Waals surface area contributed by atoms with Gasteiger partial charge < -0.3 is 10.2 Å². The van der Waals surface area contributed by atoms with E-state index in [0.29, 0.717) is 12.5 Å². The summed E-state index contributed by atoms with van der Waals surface area (Å²) in [4.78, 5) is 27.6. The highest BCUT2D eigenvalue weighted by Gasteiger charge is 2.20. The Hall–Kier alpha value is -3.28. The zero-order valence-electron chi connectivity index (χ0n) is 17.6. The van der Waals surface area contributed by atoms with Gasteiger partial charge in [0.1, 0.15) is 0 Å². The lowest BCUT2D eigenvalue weighted by atomic mass is 9.95. The number of nitrogens with zero attached hydrogens (tertiary/aromatic N) is 4. The molecule has 3 rings (SSSR count). The van der Waals surface area contributed by atoms with Gasteiger partial charge in [0, 0.05) is 49.6 Å². The fraction of sp³-hybridized carbons (Fsp3) is 0.304. The highest BCUT2D eigenvalue weighted by molar-refractivity contribution is 5.81. The van der Waals surface area contributed by atoms with E-state index < -0.39 is 5.41 Å². The van der Waals surface area contributed by atoms with Gasteiger partial charge in [0.2, 0.25) is 11.9 Å². The van der Waals surface area contributed by atoms with Crippen LogP contribution >= 0.6 is 0 Å². The number of pyridine rings is 1. The van der Waals surface area contributed by atoms with Crippen LogP contribution in [-0.2, 0) is 11.3 Å². The molecule has 0 saturated heterocycles. The molecule has 3 aromatic rings. The summed E-state index contributed by atoms with van der Waals surface area (Å²) >= 11 is 0. The summed E-state index contributed by atoms with van der Waals surface area (Å²) in [7, 11) is 3.83. The number of benzene rings is 1. The van der Waals surface area contributed by atoms with Crippen LogP contribution in [0.5, 0.6) is 0 Å². The molecule has 0 bridgehead atoms. The van der Waals surface area contributed by atoms with Crippen molar-refractivity contribution in [1.82, 2.24) is 20.3 Å². The molecule has 6 heteroatoms. The number of nitrogens with one attached hydrogen (secondary N) is 1. The molecule has 1 aromatic carbocycles. The standard InChI is InChI=1S/C23H27N5O/c1-23(2,3)21(29)25-14-16-9-11-17(12-10-16)20-18(19-8-6-7-13-24-19)15-26-22(27-20)28(4)5/h6-13,15H,14H2,1-5H3,(H,25,29). The number of rotatable bonds is 5. The molecule has 0 unspecified atom stereocenters. The monoisotopic (exact) mass is 389 g/mol. The molecule has 1 N–H and O–H groups in total. The third-order valence-electron chi connectivity index (χ3n) is 4.48. The van der Waals surface area contributed by atoms with Gasteiger partial charge >= 0.3 is 0 Å². The van der Waals surface area contributed by atoms with Gasteiger partial charge in [-0.05, 0) is 17.7 Å². The number of carbonyl (C=O) groups excluding carboxylic acids is 1. The van der Waals surface area contributed by atoms with Crippen molar-refractivity contribution in [3.8, 4) is 22.5 Å². The van der Waals surface area contributed by atoms with Gasteiger partial charge in [0.15, 0.2) is 0 Å². The summed E-state index contributed by atoms with van der Waals surface area (Å²) in [5.41, 5.74) is 4.14. The predicted molar refractivity (Wildman–Crippen MR) is 116 cm³/mol. The molecule has 2 aromatic heterocycles. The first-order valence-corrected chi connectivity index (χ1v) is 9.59. The molecule has 1 amide bonds. The van der Waals surface area contributed by atoms with Gasteiger partial charge in [-0.2, -0.15) is 0 Å². The fourth-order valence-electron chi connectivity index (χ4n) is 2.75. The van der Waals surface area contributed by atoms with Gasteiger partial charge in [-0.25, -0.2) is 9.97 Å². The lowest BCUT2D eigenvalue weighted by molar-refractivity contribution is -0.128. The molecule has 150 valence electrons. The maximum atomic E-state index is 12.1. The van der Waals surface area contributed by atoms with Gasteiger partial charge in [0.05, 0.1) is 11.4 Å². The maximum Gasteiger partial charge on any atom is 0.225 e. The van der Waals surface area contributed by atoms with Crippen molar-refractivity contribution < 1.29 is 4.79 Å². The molecule has 6 nitrogen and oxygen atoms in total. The van der Waals surface area contributed by atoms with E-state index in [9.17, 15) is 4.79 Å². The SMILES string of the molecule is CN(C)c1ncc(-c2ccccn2)c(-c2ccc(CNC(=O)C(C)(C)C)cc2)n1. The summed E-state index contributed by atoms with van der Waals surface area (Å²) in [6.45, 7) is 6.21. The van der Waals surface area contributed by atoms with Crippen LogP contribution in [0.2, 0.25) is 0 Å². The molecule has 0 saturated carbocycles. The summed E-state index contributed by atoms with van der Waals surface area (Å²) in [6, 6.07) is 13.9. The first kappa shape index (κ1) is 20.5. The lowest BCUT2D eigenvalue weighted by Gasteiger charge is -2.18. The summed E-state index contributed by atoms with van der Waals surface area (Å²) in [5.74, 6) is 0.673. The van der Waals surface area contributed by atoms with Gasteiger partial charge in [-0.1, -0.05) is 51.1 Å². The van der Waals surface area contributed by atoms with Crippen LogP contribution in [-0.4, -0.2) is 35.0 Å². The number of amides is 1. The molecule has 0 radical (unpaired) electrons. The van der Waals surface area contributed by atoms with Crippen molar-refractivity contribution in [1.29, 1.82) is 0 Å². The number of hydrogen-bond acceptors (Lipinski definition) is 5. The molecule has 0 aliphatic rings. The second-order valence-corrected chi connectivity index (χ2v) is 8.17. The van der Waals surface area contributed by atoms with Crippen LogP contribution in [0, 0.1) is 5.41 Å². The van der Waals surface area contributed by atoms with E-state index in [0.717, 1.165) is 28.1 Å². The molecular weight excluding hydrogens is 362 g/mol. The normalized spacial score (nSPS) is 11.2. The number of hydrogen-bond donors (Lipinski definition) is 1. The Morgan fingerprint density at radius 3 is 2.34 bits per heavy atom. The van der Waals surface area contributed by atoms with Gasteiger partial charge in [-0.3, -0.25) is 9.78 Å². The molecule has 0 aliphatic carbocycles. The van der Waals surface area contributed by atoms with Gasteiger partial charge in [0.25, 0.3) is 0 Å². The minimum Gasteiger partial charge on any atom is -0.352 e. The van der Waals surface area contributed by atoms with Crippen LogP contribution in [0.1, 0.15) is 26.3 Å². The second-order valence-electron chi connectivity index (χ2n) is 8.17. The molecule has 0 fully saturated rings. The maximum absolute atomic E-state index is 12.1. The van der Waals surface area contributed by atoms with E-state index in [-0.39, 0.29) is 5.91 Å². The van der Waals surface area contributed by atoms with Crippen molar-refractivity contribution in [2.75, 3.05) is 19.0 Å². The second kappa shape index (κ2) is 8.39. The van der Waals surface area contributed by atoms with Crippen molar-refractivity contribution in [2.24, 2.45) is 5.41 Å². The van der Waals surface area contributed by atoms with Crippen molar-refractivity contribution in [3.63, 3.8) is 0 Å². The number of carbonyl (C=O) groups is 1. The van der Waals surface area contributed by atoms with Crippen LogP contribution < -0.4 is 10.2 Å². The molecular formula is C23H27N5O. The Labute approximate surface area is 172 Å². The van der Waals surface area contributed by atoms with Crippen molar-refractivity contribution in [2.45, 2.75) is 27.3 Å². The average molecular weight is 390 g/mol. The number of aromatic nitrogens is 3. The highest BCUT2D eigenvalue weighted by Crippen LogP contribution is 2.30. The smallest absolute Gasteiger partial charge is 0.225 e. The Morgan fingerprint density at radius 2 is 1.76 bits per heavy atom. The Morgan fingerprint density at radius 1 is 1.03 bits per heavy atom. The van der Waals surface area contributed by atoms with Crippen LogP contribution in [0.4, 0.5) is 5.95 Å². The summed E-state index contributed by atoms with van der Waals surface area (Å²) in [6.07, 6.45) is 3.58. The molecule has 0 spiro atoms. The minimum atomic E-state index is -0.402. The van der Waals surface area contributed by atoms with E-state index in [4.69, 9.17) is 4.98 Å². The Kier molecular flexibility index (Phi) is 5.92. The third kappa shape index (κ3) is 4.96. The van der Waals surface area contributed by atoms with Crippen LogP contribution in [0.3, 0.4) is 0 Å². The zero-order chi connectivity index (χ0) is 21.0. The average Bonchev–Trinajstić information content (AvgIpc) is 2.72. The molecule has 0 aliphatic heterocycles. The molecule has 29 heavy (non-hydrogen) atoms. The van der Waals surface area contributed by atoms with E-state index in [1.165, 1.54) is 0 Å². The first-order chi connectivity index (χ1) is 13.8. The topological polar surface area (TPSA) is 71.0 Å². The Bertz CT molecular complexity index is 976. The number of anilines is 1. The fourth-order valence-corrected chi connectivity index (χ4v) is 2.75. The van der Waals surface area contributed by atoms with E-state index in [1.807, 2.05) is 88.4 Å². The quantitative estimate of drug-likeness (QED) is 0.716. The summed E-state index contributed by atoms with van der Waals surface area (Å²) in [5, 5.41) is 2.98. The predicted octanol–water partition coefficient (Wildman–Crippen LogP) is 3.93. The minimum absolute atomic E-state index is 0.0328. The molecule has 0 atom stereocenters. The van der Waals surface area contributed by atoms with E-state index in [2.05, 4.69) is 15.3 Å². The zero-order valence-corrected chi connectivity index (χ0v) is 17.6. The third-order valence-corrected chi connectivity index (χ3v) is 4.48. The van der Waals surface area contributed by atoms with E-state index >= 15 is 0 Å². The molecule has 2 heterocycles. The largest absolute Gasteiger partial charge is 0.352 e.